The van der Waals surface area contributed by atoms with Crippen LogP contribution in [0.2, 0.25) is 10.0 Å². The minimum atomic E-state index is -0.931. The van der Waals surface area contributed by atoms with E-state index in [1.165, 1.54) is 12.1 Å². The lowest BCUT2D eigenvalue weighted by molar-refractivity contribution is -0.148. The Balaban J connectivity index is 2.39. The van der Waals surface area contributed by atoms with Gasteiger partial charge >= 0.3 is 5.97 Å². The topological polar surface area (TPSA) is 63.7 Å². The number of benzene rings is 1. The first-order chi connectivity index (χ1) is 10.9. The number of rotatable bonds is 6. The number of imide groups is 1. The third-order valence-corrected chi connectivity index (χ3v) is 4.38. The molecule has 1 atom stereocenters. The Kier molecular flexibility index (Phi) is 5.65. The van der Waals surface area contributed by atoms with Gasteiger partial charge in [-0.1, -0.05) is 43.0 Å². The van der Waals surface area contributed by atoms with Gasteiger partial charge in [0.25, 0.3) is 11.8 Å². The van der Waals surface area contributed by atoms with Crippen LogP contribution in [0.3, 0.4) is 0 Å². The third-order valence-electron chi connectivity index (χ3n) is 3.66. The molecule has 1 aromatic rings. The predicted octanol–water partition coefficient (Wildman–Crippen LogP) is 3.71. The van der Waals surface area contributed by atoms with E-state index in [4.69, 9.17) is 27.9 Å². The van der Waals surface area contributed by atoms with Crippen molar-refractivity contribution in [2.45, 2.75) is 39.2 Å². The van der Waals surface area contributed by atoms with Crippen LogP contribution in [0.4, 0.5) is 0 Å². The fraction of sp³-hybridized carbons (Fsp3) is 0.438. The summed E-state index contributed by atoms with van der Waals surface area (Å²) >= 11 is 11.8. The monoisotopic (exact) mass is 357 g/mol. The summed E-state index contributed by atoms with van der Waals surface area (Å²) < 4.78 is 5.02. The minimum absolute atomic E-state index is 0.162. The van der Waals surface area contributed by atoms with E-state index in [1.54, 1.807) is 6.92 Å². The molecule has 0 spiro atoms. The summed E-state index contributed by atoms with van der Waals surface area (Å²) in [6.45, 7) is 3.82. The molecule has 124 valence electrons. The Morgan fingerprint density at radius 1 is 1.13 bits per heavy atom. The molecular formula is C16H17Cl2NO4. The summed E-state index contributed by atoms with van der Waals surface area (Å²) in [5.74, 6) is -1.66. The molecule has 0 fully saturated rings. The van der Waals surface area contributed by atoms with Crippen molar-refractivity contribution in [1.82, 2.24) is 4.90 Å². The second-order valence-corrected chi connectivity index (χ2v) is 6.02. The lowest BCUT2D eigenvalue weighted by Crippen LogP contribution is -2.45. The zero-order chi connectivity index (χ0) is 17.1. The molecule has 0 aliphatic carbocycles. The zero-order valence-corrected chi connectivity index (χ0v) is 14.4. The average molecular weight is 358 g/mol. The summed E-state index contributed by atoms with van der Waals surface area (Å²) in [5, 5.41) is 0.379. The largest absolute Gasteiger partial charge is 0.464 e. The first kappa shape index (κ1) is 17.8. The molecule has 2 rings (SSSR count). The van der Waals surface area contributed by atoms with Crippen LogP contribution in [0.5, 0.6) is 0 Å². The van der Waals surface area contributed by atoms with Gasteiger partial charge < -0.3 is 4.74 Å². The quantitative estimate of drug-likeness (QED) is 0.574. The Morgan fingerprint density at radius 3 is 2.09 bits per heavy atom. The number of esters is 1. The first-order valence-corrected chi connectivity index (χ1v) is 8.21. The number of hydrogen-bond acceptors (Lipinski definition) is 4. The van der Waals surface area contributed by atoms with Gasteiger partial charge in [-0.25, -0.2) is 4.79 Å². The van der Waals surface area contributed by atoms with Crippen molar-refractivity contribution < 1.29 is 19.1 Å². The van der Waals surface area contributed by atoms with Crippen LogP contribution < -0.4 is 0 Å². The van der Waals surface area contributed by atoms with Crippen molar-refractivity contribution in [3.63, 3.8) is 0 Å². The number of amides is 2. The highest BCUT2D eigenvalue weighted by molar-refractivity contribution is 6.43. The van der Waals surface area contributed by atoms with Crippen molar-refractivity contribution in [3.8, 4) is 0 Å². The maximum Gasteiger partial charge on any atom is 0.329 e. The lowest BCUT2D eigenvalue weighted by atomic mass is 10.1. The molecule has 7 heteroatoms. The van der Waals surface area contributed by atoms with Crippen LogP contribution in [0.25, 0.3) is 0 Å². The van der Waals surface area contributed by atoms with Gasteiger partial charge in [0, 0.05) is 0 Å². The van der Waals surface area contributed by atoms with E-state index in [1.807, 2.05) is 6.92 Å². The van der Waals surface area contributed by atoms with Crippen LogP contribution in [-0.2, 0) is 9.53 Å². The molecule has 1 aliphatic rings. The lowest BCUT2D eigenvalue weighted by Gasteiger charge is -2.24. The number of carbonyl (C=O) groups is 3. The average Bonchev–Trinajstić information content (AvgIpc) is 2.73. The molecule has 0 saturated carbocycles. The third kappa shape index (κ3) is 3.35. The SMILES string of the molecule is CCCCC(C(=O)OCC)N1C(=O)c2cc(Cl)c(Cl)cc2C1=O. The Hall–Kier alpha value is -1.59. The fourth-order valence-corrected chi connectivity index (χ4v) is 2.85. The van der Waals surface area contributed by atoms with E-state index in [0.717, 1.165) is 11.3 Å². The summed E-state index contributed by atoms with van der Waals surface area (Å²) in [6.07, 6.45) is 1.89. The molecule has 1 unspecified atom stereocenters. The fourth-order valence-electron chi connectivity index (χ4n) is 2.52. The molecule has 0 N–H and O–H groups in total. The maximum atomic E-state index is 12.6. The van der Waals surface area contributed by atoms with E-state index < -0.39 is 23.8 Å². The van der Waals surface area contributed by atoms with Gasteiger partial charge in [-0.3, -0.25) is 14.5 Å². The number of nitrogens with zero attached hydrogens (tertiary/aromatic N) is 1. The second kappa shape index (κ2) is 7.32. The number of ether oxygens (including phenoxy) is 1. The highest BCUT2D eigenvalue weighted by atomic mass is 35.5. The zero-order valence-electron chi connectivity index (χ0n) is 12.9. The Bertz CT molecular complexity index is 619. The van der Waals surface area contributed by atoms with Crippen molar-refractivity contribution in [3.05, 3.63) is 33.3 Å². The van der Waals surface area contributed by atoms with Crippen LogP contribution in [0.1, 0.15) is 53.8 Å². The molecule has 1 heterocycles. The summed E-state index contributed by atoms with van der Waals surface area (Å²) in [6, 6.07) is 1.79. The standard InChI is InChI=1S/C16H17Cl2NO4/c1-3-5-6-13(16(22)23-4-2)19-14(20)9-7-11(17)12(18)8-10(9)15(19)21/h7-8,13H,3-6H2,1-2H3. The van der Waals surface area contributed by atoms with Gasteiger partial charge in [0.1, 0.15) is 6.04 Å². The molecule has 5 nitrogen and oxygen atoms in total. The van der Waals surface area contributed by atoms with Gasteiger partial charge in [0.2, 0.25) is 0 Å². The number of hydrogen-bond donors (Lipinski definition) is 0. The number of fused-ring (bicyclic) bond motifs is 1. The smallest absolute Gasteiger partial charge is 0.329 e. The van der Waals surface area contributed by atoms with Gasteiger partial charge in [-0.15, -0.1) is 0 Å². The summed E-state index contributed by atoms with van der Waals surface area (Å²) in [7, 11) is 0. The van der Waals surface area contributed by atoms with Crippen molar-refractivity contribution in [1.29, 1.82) is 0 Å². The van der Waals surface area contributed by atoms with Crippen LogP contribution in [0, 0.1) is 0 Å². The maximum absolute atomic E-state index is 12.6. The van der Waals surface area contributed by atoms with E-state index in [9.17, 15) is 14.4 Å². The summed E-state index contributed by atoms with van der Waals surface area (Å²) in [4.78, 5) is 38.3. The van der Waals surface area contributed by atoms with Crippen LogP contribution in [0.15, 0.2) is 12.1 Å². The highest BCUT2D eigenvalue weighted by Gasteiger charge is 2.43. The number of carbonyl (C=O) groups excluding carboxylic acids is 3. The first-order valence-electron chi connectivity index (χ1n) is 7.45. The van der Waals surface area contributed by atoms with Crippen LogP contribution >= 0.6 is 23.2 Å². The number of halogens is 2. The highest BCUT2D eigenvalue weighted by Crippen LogP contribution is 2.33. The van der Waals surface area contributed by atoms with E-state index in [0.29, 0.717) is 12.8 Å². The molecular weight excluding hydrogens is 341 g/mol. The minimum Gasteiger partial charge on any atom is -0.464 e. The Labute approximate surface area is 144 Å². The molecule has 0 aromatic heterocycles. The van der Waals surface area contributed by atoms with Crippen LogP contribution in [-0.4, -0.2) is 35.3 Å². The molecule has 1 aliphatic heterocycles. The number of unbranched alkanes of at least 4 members (excludes halogenated alkanes) is 1. The predicted molar refractivity (Wildman–Crippen MR) is 86.9 cm³/mol. The second-order valence-electron chi connectivity index (χ2n) is 5.20. The van der Waals surface area contributed by atoms with Crippen molar-refractivity contribution in [2.75, 3.05) is 6.61 Å². The normalized spacial score (nSPS) is 14.9. The summed E-state index contributed by atoms with van der Waals surface area (Å²) in [5.41, 5.74) is 0.324. The van der Waals surface area contributed by atoms with Gasteiger partial charge in [0.15, 0.2) is 0 Å². The van der Waals surface area contributed by atoms with E-state index in [-0.39, 0.29) is 27.8 Å². The van der Waals surface area contributed by atoms with E-state index >= 15 is 0 Å². The molecule has 0 bridgehead atoms. The van der Waals surface area contributed by atoms with Gasteiger partial charge in [-0.2, -0.15) is 0 Å². The van der Waals surface area contributed by atoms with Crippen molar-refractivity contribution >= 4 is 41.0 Å². The van der Waals surface area contributed by atoms with Gasteiger partial charge in [-0.05, 0) is 25.5 Å². The molecule has 0 saturated heterocycles. The van der Waals surface area contributed by atoms with Crippen molar-refractivity contribution in [2.24, 2.45) is 0 Å². The molecule has 2 amide bonds. The molecule has 23 heavy (non-hydrogen) atoms. The van der Waals surface area contributed by atoms with Gasteiger partial charge in [0.05, 0.1) is 27.8 Å². The molecule has 1 aromatic carbocycles. The molecule has 0 radical (unpaired) electrons. The van der Waals surface area contributed by atoms with E-state index in [2.05, 4.69) is 0 Å². The Morgan fingerprint density at radius 2 is 1.65 bits per heavy atom.